The number of para-hydroxylation sites is 1. The molecule has 1 unspecified atom stereocenters. The number of carbonyl (C=O) groups is 1. The van der Waals surface area contributed by atoms with Crippen LogP contribution in [0, 0.1) is 35.0 Å². The number of benzene rings is 2. The van der Waals surface area contributed by atoms with E-state index in [9.17, 15) is 41.3 Å². The van der Waals surface area contributed by atoms with Gasteiger partial charge in [-0.1, -0.05) is 36.7 Å². The third-order valence-electron chi connectivity index (χ3n) is 4.51. The highest BCUT2D eigenvalue weighted by atomic mass is 31.2. The van der Waals surface area contributed by atoms with Crippen LogP contribution in [0.3, 0.4) is 0 Å². The molecule has 2 aromatic carbocycles. The predicted octanol–water partition coefficient (Wildman–Crippen LogP) is 4.59. The molecular weight excluding hydrogens is 468 g/mol. The number of nitrogens with zero attached hydrogens (tertiary/aromatic N) is 1. The fourth-order valence-electron chi connectivity index (χ4n) is 2.31. The quantitative estimate of drug-likeness (QED) is 0.133. The molecule has 0 heterocycles. The van der Waals surface area contributed by atoms with Gasteiger partial charge in [-0.25, -0.2) is 17.7 Å². The predicted molar refractivity (Wildman–Crippen MR) is 97.6 cm³/mol. The van der Waals surface area contributed by atoms with E-state index in [-0.39, 0.29) is 5.75 Å². The van der Waals surface area contributed by atoms with Crippen molar-refractivity contribution in [1.82, 2.24) is 4.83 Å². The topological polar surface area (TPSA) is 106 Å². The Morgan fingerprint density at radius 1 is 1.00 bits per heavy atom. The number of hydroxylamine groups is 1. The van der Waals surface area contributed by atoms with Gasteiger partial charge in [0.2, 0.25) is 34.8 Å². The Morgan fingerprint density at radius 2 is 1.47 bits per heavy atom. The minimum absolute atomic E-state index is 0.139. The zero-order valence-corrected chi connectivity index (χ0v) is 17.6. The number of hydrogen-bond acceptors (Lipinski definition) is 5. The monoisotopic (exact) mass is 485 g/mol. The molecule has 2 N–H and O–H groups in total. The van der Waals surface area contributed by atoms with Crippen LogP contribution in [0.5, 0.6) is 11.5 Å². The summed E-state index contributed by atoms with van der Waals surface area (Å²) in [6.07, 6.45) is 0. The number of rotatable bonds is 9. The molecule has 0 amide bonds. The third kappa shape index (κ3) is 4.70. The number of halogens is 5. The molecule has 2 rings (SSSR count). The number of hydrogen-bond donors (Lipinski definition) is 2. The molecule has 0 radical (unpaired) electrons. The molecule has 32 heavy (non-hydrogen) atoms. The highest BCUT2D eigenvalue weighted by molar-refractivity contribution is 7.50. The van der Waals surface area contributed by atoms with Gasteiger partial charge in [-0.05, 0) is 29.8 Å². The molecule has 14 heteroatoms. The molecular formula is C18H17F5NO7P. The number of carboxylic acids is 1. The zero-order valence-electron chi connectivity index (χ0n) is 16.7. The average Bonchev–Trinajstić information content (AvgIpc) is 2.75. The third-order valence-corrected chi connectivity index (χ3v) is 5.73. The van der Waals surface area contributed by atoms with Crippen molar-refractivity contribution in [1.29, 1.82) is 0 Å². The summed E-state index contributed by atoms with van der Waals surface area (Å²) in [4.78, 5) is 31.1. The van der Waals surface area contributed by atoms with Crippen molar-refractivity contribution in [2.75, 3.05) is 0 Å². The first-order valence-corrected chi connectivity index (χ1v) is 10.3. The Kier molecular flexibility index (Phi) is 7.51. The van der Waals surface area contributed by atoms with Gasteiger partial charge in [-0.15, -0.1) is 0 Å². The van der Waals surface area contributed by atoms with Crippen LogP contribution in [0.1, 0.15) is 20.8 Å². The molecule has 0 bridgehead atoms. The van der Waals surface area contributed by atoms with Gasteiger partial charge in [0.25, 0.3) is 0 Å². The van der Waals surface area contributed by atoms with Crippen molar-refractivity contribution >= 4 is 13.7 Å². The standard InChI is InChI=1S/C18H17F5NO7P/c1-9(2)18(3,17(25)26)24(32(27,28)31-30-10-7-5-4-6-8-10)29-16-14(22)12(20)11(19)13(21)15(16)23/h4-9H,1-3H3,(H,25,26)(H,27,28)/t18-/m0/s1. The average molecular weight is 485 g/mol. The Balaban J connectivity index is 2.60. The minimum atomic E-state index is -5.61. The van der Waals surface area contributed by atoms with E-state index >= 15 is 0 Å². The SMILES string of the molecule is CC(C)[C@@](C)(C(=O)O)N(Oc1c(F)c(F)c(F)c(F)c1F)P(=O)(O)OOc1ccccc1. The summed E-state index contributed by atoms with van der Waals surface area (Å²) in [5.74, 6) is -17.5. The van der Waals surface area contributed by atoms with Crippen molar-refractivity contribution in [3.8, 4) is 11.5 Å². The highest BCUT2D eigenvalue weighted by Crippen LogP contribution is 2.53. The zero-order chi connectivity index (χ0) is 24.4. The van der Waals surface area contributed by atoms with Crippen molar-refractivity contribution < 1.29 is 55.7 Å². The lowest BCUT2D eigenvalue weighted by molar-refractivity contribution is -0.186. The lowest BCUT2D eigenvalue weighted by Gasteiger charge is -2.39. The number of aliphatic carboxylic acids is 1. The summed E-state index contributed by atoms with van der Waals surface area (Å²) in [6, 6.07) is 6.99. The van der Waals surface area contributed by atoms with Crippen LogP contribution >= 0.6 is 7.75 Å². The smallest absolute Gasteiger partial charge is 0.475 e. The summed E-state index contributed by atoms with van der Waals surface area (Å²) in [5.41, 5.74) is -2.59. The van der Waals surface area contributed by atoms with E-state index in [0.29, 0.717) is 0 Å². The van der Waals surface area contributed by atoms with Gasteiger partial charge in [-0.2, -0.15) is 8.78 Å². The molecule has 8 nitrogen and oxygen atoms in total. The van der Waals surface area contributed by atoms with Crippen LogP contribution in [0.25, 0.3) is 0 Å². The van der Waals surface area contributed by atoms with Crippen molar-refractivity contribution in [3.05, 3.63) is 59.4 Å². The van der Waals surface area contributed by atoms with Crippen LogP contribution in [-0.2, 0) is 14.0 Å². The van der Waals surface area contributed by atoms with Crippen molar-refractivity contribution in [2.24, 2.45) is 5.92 Å². The van der Waals surface area contributed by atoms with Gasteiger partial charge >= 0.3 is 13.7 Å². The van der Waals surface area contributed by atoms with Gasteiger partial charge in [0.05, 0.1) is 0 Å². The summed E-state index contributed by atoms with van der Waals surface area (Å²) in [5, 5.41) is 9.65. The van der Waals surface area contributed by atoms with E-state index in [2.05, 4.69) is 14.4 Å². The fraction of sp³-hybridized carbons (Fsp3) is 0.278. The maximum Gasteiger partial charge on any atom is 0.475 e. The van der Waals surface area contributed by atoms with E-state index in [4.69, 9.17) is 0 Å². The van der Waals surface area contributed by atoms with Crippen LogP contribution < -0.4 is 9.73 Å². The van der Waals surface area contributed by atoms with Crippen molar-refractivity contribution in [3.63, 3.8) is 0 Å². The van der Waals surface area contributed by atoms with Gasteiger partial charge < -0.3 is 19.7 Å². The van der Waals surface area contributed by atoms with E-state index in [1.165, 1.54) is 38.1 Å². The molecule has 0 aromatic heterocycles. The van der Waals surface area contributed by atoms with Gasteiger partial charge in [0, 0.05) is 0 Å². The minimum Gasteiger partial charge on any atom is -0.480 e. The molecule has 0 aliphatic rings. The van der Waals surface area contributed by atoms with E-state index in [0.717, 1.165) is 6.92 Å². The Labute approximate surface area is 178 Å². The lowest BCUT2D eigenvalue weighted by Crippen LogP contribution is -2.56. The summed E-state index contributed by atoms with van der Waals surface area (Å²) >= 11 is 0. The molecule has 0 spiro atoms. The highest BCUT2D eigenvalue weighted by Gasteiger charge is 2.55. The molecule has 0 fully saturated rings. The Bertz CT molecular complexity index is 1030. The number of carboxylic acid groups (broad SMARTS) is 1. The molecule has 0 saturated heterocycles. The van der Waals surface area contributed by atoms with Crippen LogP contribution in [0.15, 0.2) is 30.3 Å². The Hall–Kier alpha value is -2.73. The second kappa shape index (κ2) is 9.41. The molecule has 176 valence electrons. The maximum atomic E-state index is 14.1. The van der Waals surface area contributed by atoms with Crippen LogP contribution in [0.4, 0.5) is 22.0 Å². The summed E-state index contributed by atoms with van der Waals surface area (Å²) in [6.45, 7) is 3.25. The van der Waals surface area contributed by atoms with E-state index in [1.807, 2.05) is 0 Å². The normalized spacial score (nSPS) is 15.3. The van der Waals surface area contributed by atoms with Gasteiger partial charge in [0.15, 0.2) is 11.3 Å². The van der Waals surface area contributed by atoms with Gasteiger partial charge in [0.1, 0.15) is 0 Å². The maximum absolute atomic E-state index is 14.1. The molecule has 0 aliphatic carbocycles. The summed E-state index contributed by atoms with van der Waals surface area (Å²) < 4.78 is 86.0. The van der Waals surface area contributed by atoms with Crippen LogP contribution in [0.2, 0.25) is 0 Å². The molecule has 2 aromatic rings. The second-order valence-electron chi connectivity index (χ2n) is 6.83. The molecule has 2 atom stereocenters. The summed E-state index contributed by atoms with van der Waals surface area (Å²) in [7, 11) is -5.61. The first-order valence-electron chi connectivity index (χ1n) is 8.72. The first kappa shape index (κ1) is 25.5. The van der Waals surface area contributed by atoms with E-state index in [1.54, 1.807) is 6.07 Å². The van der Waals surface area contributed by atoms with Crippen LogP contribution in [-0.4, -0.2) is 26.3 Å². The van der Waals surface area contributed by atoms with E-state index < -0.39 is 64.8 Å². The first-order chi connectivity index (χ1) is 14.7. The van der Waals surface area contributed by atoms with Crippen molar-refractivity contribution in [2.45, 2.75) is 26.3 Å². The molecule has 0 aliphatic heterocycles. The lowest BCUT2D eigenvalue weighted by atomic mass is 9.89. The second-order valence-corrected chi connectivity index (χ2v) is 8.33. The largest absolute Gasteiger partial charge is 0.480 e. The fourth-order valence-corrected chi connectivity index (χ4v) is 3.58. The Morgan fingerprint density at radius 3 is 1.91 bits per heavy atom. The molecule has 0 saturated carbocycles. The van der Waals surface area contributed by atoms with Gasteiger partial charge in [-0.3, -0.25) is 4.79 Å².